The monoisotopic (exact) mass is 373 g/mol. The molecule has 0 aliphatic heterocycles. The molecule has 0 radical (unpaired) electrons. The summed E-state index contributed by atoms with van der Waals surface area (Å²) in [6.45, 7) is 3.63. The van der Waals surface area contributed by atoms with Crippen LogP contribution in [0.25, 0.3) is 0 Å². The molecule has 0 unspecified atom stereocenters. The maximum absolute atomic E-state index is 12.7. The second kappa shape index (κ2) is 7.09. The number of anilines is 3. The van der Waals surface area contributed by atoms with Gasteiger partial charge in [-0.05, 0) is 55.8 Å². The van der Waals surface area contributed by atoms with Crippen molar-refractivity contribution < 1.29 is 17.7 Å². The molecule has 7 nitrogen and oxygen atoms in total. The van der Waals surface area contributed by atoms with Gasteiger partial charge >= 0.3 is 0 Å². The largest absolute Gasteiger partial charge is 0.495 e. The summed E-state index contributed by atoms with van der Waals surface area (Å²) in [5, 5.41) is 6.92. The van der Waals surface area contributed by atoms with Gasteiger partial charge in [-0.2, -0.15) is 0 Å². The predicted molar refractivity (Wildman–Crippen MR) is 99.5 cm³/mol. The van der Waals surface area contributed by atoms with Gasteiger partial charge in [0.15, 0.2) is 5.82 Å². The molecule has 0 saturated carbocycles. The molecule has 0 atom stereocenters. The molecular weight excluding hydrogens is 354 g/mol. The topological polar surface area (TPSA) is 93.5 Å². The van der Waals surface area contributed by atoms with E-state index in [9.17, 15) is 8.42 Å². The van der Waals surface area contributed by atoms with Crippen molar-refractivity contribution in [2.45, 2.75) is 18.7 Å². The number of benzene rings is 2. The second-order valence-electron chi connectivity index (χ2n) is 5.78. The second-order valence-corrected chi connectivity index (χ2v) is 7.44. The molecule has 2 aromatic carbocycles. The van der Waals surface area contributed by atoms with Crippen LogP contribution >= 0.6 is 0 Å². The lowest BCUT2D eigenvalue weighted by Gasteiger charge is -2.12. The minimum Gasteiger partial charge on any atom is -0.495 e. The van der Waals surface area contributed by atoms with Crippen molar-refractivity contribution in [1.29, 1.82) is 0 Å². The van der Waals surface area contributed by atoms with Crippen LogP contribution in [-0.4, -0.2) is 20.7 Å². The number of hydrogen-bond acceptors (Lipinski definition) is 6. The average molecular weight is 373 g/mol. The molecule has 26 heavy (non-hydrogen) atoms. The Hall–Kier alpha value is -3.00. The minimum absolute atomic E-state index is 0.0975. The van der Waals surface area contributed by atoms with E-state index in [1.165, 1.54) is 7.11 Å². The maximum Gasteiger partial charge on any atom is 0.265 e. The van der Waals surface area contributed by atoms with E-state index in [0.717, 1.165) is 11.3 Å². The fraction of sp³-hybridized carbons (Fsp3) is 0.167. The minimum atomic E-state index is -3.77. The third-order valence-corrected chi connectivity index (χ3v) is 5.05. The van der Waals surface area contributed by atoms with Gasteiger partial charge in [-0.1, -0.05) is 11.2 Å². The first-order valence-corrected chi connectivity index (χ1v) is 9.33. The third kappa shape index (κ3) is 3.97. The van der Waals surface area contributed by atoms with E-state index in [1.807, 2.05) is 6.92 Å². The van der Waals surface area contributed by atoms with Crippen molar-refractivity contribution >= 4 is 27.2 Å². The van der Waals surface area contributed by atoms with Crippen molar-refractivity contribution in [2.24, 2.45) is 0 Å². The molecule has 0 amide bonds. The van der Waals surface area contributed by atoms with Gasteiger partial charge in [-0.15, -0.1) is 0 Å². The van der Waals surface area contributed by atoms with Crippen molar-refractivity contribution in [1.82, 2.24) is 5.16 Å². The highest BCUT2D eigenvalue weighted by atomic mass is 32.2. The Balaban J connectivity index is 1.79. The first-order chi connectivity index (χ1) is 12.4. The van der Waals surface area contributed by atoms with E-state index in [-0.39, 0.29) is 4.90 Å². The van der Waals surface area contributed by atoms with Crippen LogP contribution in [0.15, 0.2) is 57.9 Å². The van der Waals surface area contributed by atoms with Crippen molar-refractivity contribution in [3.63, 3.8) is 0 Å². The fourth-order valence-electron chi connectivity index (χ4n) is 2.40. The quantitative estimate of drug-likeness (QED) is 0.682. The summed E-state index contributed by atoms with van der Waals surface area (Å²) in [6.07, 6.45) is 0. The van der Waals surface area contributed by atoms with Crippen molar-refractivity contribution in [3.05, 3.63) is 59.9 Å². The van der Waals surface area contributed by atoms with Crippen LogP contribution < -0.4 is 14.8 Å². The highest BCUT2D eigenvalue weighted by molar-refractivity contribution is 7.92. The molecule has 0 aliphatic rings. The zero-order valence-electron chi connectivity index (χ0n) is 14.6. The van der Waals surface area contributed by atoms with E-state index in [2.05, 4.69) is 15.2 Å². The van der Waals surface area contributed by atoms with Crippen molar-refractivity contribution in [3.8, 4) is 5.75 Å². The van der Waals surface area contributed by atoms with Crippen molar-refractivity contribution in [2.75, 3.05) is 17.1 Å². The van der Waals surface area contributed by atoms with Gasteiger partial charge < -0.3 is 14.6 Å². The molecule has 0 spiro atoms. The van der Waals surface area contributed by atoms with Gasteiger partial charge in [-0.3, -0.25) is 4.72 Å². The van der Waals surface area contributed by atoms with Crippen LogP contribution in [0.3, 0.4) is 0 Å². The standard InChI is InChI=1S/C18H19N3O4S/c1-12-4-9-16(24-3)17(10-12)26(22,23)21-15-7-5-14(6-8-15)19-18-11-13(2)25-20-18/h4-11,21H,1-3H3,(H,19,20). The highest BCUT2D eigenvalue weighted by Crippen LogP contribution is 2.27. The Morgan fingerprint density at radius 3 is 2.31 bits per heavy atom. The summed E-state index contributed by atoms with van der Waals surface area (Å²) in [7, 11) is -2.33. The number of nitrogens with one attached hydrogen (secondary N) is 2. The first kappa shape index (κ1) is 17.8. The summed E-state index contributed by atoms with van der Waals surface area (Å²) in [6, 6.07) is 13.6. The van der Waals surface area contributed by atoms with Crippen LogP contribution in [-0.2, 0) is 10.0 Å². The number of ether oxygens (including phenoxy) is 1. The number of nitrogens with zero attached hydrogens (tertiary/aromatic N) is 1. The number of rotatable bonds is 6. The third-order valence-electron chi connectivity index (χ3n) is 3.65. The Morgan fingerprint density at radius 2 is 1.69 bits per heavy atom. The van der Waals surface area contributed by atoms with Crippen LogP contribution in [0.5, 0.6) is 5.75 Å². The molecule has 0 bridgehead atoms. The Bertz CT molecular complexity index is 1010. The lowest BCUT2D eigenvalue weighted by Crippen LogP contribution is -2.14. The zero-order chi connectivity index (χ0) is 18.7. The Kier molecular flexibility index (Phi) is 4.85. The lowest BCUT2D eigenvalue weighted by molar-refractivity contribution is 0.400. The van der Waals surface area contributed by atoms with Crippen LogP contribution in [0, 0.1) is 13.8 Å². The molecule has 3 aromatic rings. The van der Waals surface area contributed by atoms with Crippen LogP contribution in [0.2, 0.25) is 0 Å². The number of hydrogen-bond donors (Lipinski definition) is 2. The maximum atomic E-state index is 12.7. The summed E-state index contributed by atoms with van der Waals surface area (Å²) in [5.74, 6) is 1.58. The van der Waals surface area contributed by atoms with E-state index in [1.54, 1.807) is 55.5 Å². The molecule has 1 heterocycles. The summed E-state index contributed by atoms with van der Waals surface area (Å²) >= 11 is 0. The number of methoxy groups -OCH3 is 1. The Labute approximate surface area is 152 Å². The normalized spacial score (nSPS) is 11.2. The molecule has 0 fully saturated rings. The number of aromatic nitrogens is 1. The fourth-order valence-corrected chi connectivity index (χ4v) is 3.71. The smallest absolute Gasteiger partial charge is 0.265 e. The molecular formula is C18H19N3O4S. The molecule has 0 saturated heterocycles. The number of aryl methyl sites for hydroxylation is 2. The molecule has 0 aliphatic carbocycles. The number of sulfonamides is 1. The van der Waals surface area contributed by atoms with E-state index >= 15 is 0 Å². The highest BCUT2D eigenvalue weighted by Gasteiger charge is 2.19. The first-order valence-electron chi connectivity index (χ1n) is 7.85. The lowest BCUT2D eigenvalue weighted by atomic mass is 10.2. The molecule has 1 aromatic heterocycles. The van der Waals surface area contributed by atoms with Gasteiger partial charge in [0.05, 0.1) is 7.11 Å². The van der Waals surface area contributed by atoms with Crippen LogP contribution in [0.1, 0.15) is 11.3 Å². The average Bonchev–Trinajstić information content (AvgIpc) is 3.01. The van der Waals surface area contributed by atoms with Gasteiger partial charge in [0.25, 0.3) is 10.0 Å². The molecule has 2 N–H and O–H groups in total. The summed E-state index contributed by atoms with van der Waals surface area (Å²) in [4.78, 5) is 0.0975. The zero-order valence-corrected chi connectivity index (χ0v) is 15.4. The van der Waals surface area contributed by atoms with E-state index < -0.39 is 10.0 Å². The summed E-state index contributed by atoms with van der Waals surface area (Å²) < 4.78 is 38.1. The van der Waals surface area contributed by atoms with Gasteiger partial charge in [0.1, 0.15) is 16.4 Å². The molecule has 3 rings (SSSR count). The van der Waals surface area contributed by atoms with E-state index in [4.69, 9.17) is 9.26 Å². The SMILES string of the molecule is COc1ccc(C)cc1S(=O)(=O)Nc1ccc(Nc2cc(C)on2)cc1. The van der Waals surface area contributed by atoms with E-state index in [0.29, 0.717) is 23.0 Å². The van der Waals surface area contributed by atoms with Gasteiger partial charge in [0.2, 0.25) is 0 Å². The Morgan fingerprint density at radius 1 is 1.00 bits per heavy atom. The molecule has 8 heteroatoms. The van der Waals surface area contributed by atoms with Crippen LogP contribution in [0.4, 0.5) is 17.2 Å². The molecule has 136 valence electrons. The predicted octanol–water partition coefficient (Wildman–Crippen LogP) is 3.84. The van der Waals surface area contributed by atoms with Gasteiger partial charge in [0, 0.05) is 17.4 Å². The van der Waals surface area contributed by atoms with Gasteiger partial charge in [-0.25, -0.2) is 8.42 Å². The summed E-state index contributed by atoms with van der Waals surface area (Å²) in [5.41, 5.74) is 2.03.